The van der Waals surface area contributed by atoms with E-state index in [1.807, 2.05) is 30.3 Å². The zero-order valence-corrected chi connectivity index (χ0v) is 18.6. The van der Waals surface area contributed by atoms with E-state index in [1.54, 1.807) is 16.4 Å². The van der Waals surface area contributed by atoms with E-state index in [-0.39, 0.29) is 12.5 Å². The van der Waals surface area contributed by atoms with Gasteiger partial charge < -0.3 is 15.7 Å². The molecule has 5 rings (SSSR count). The quantitative estimate of drug-likeness (QED) is 0.512. The molecule has 1 aliphatic heterocycles. The molecule has 2 aromatic carbocycles. The molecule has 3 N–H and O–H groups in total. The fourth-order valence-electron chi connectivity index (χ4n) is 5.00. The van der Waals surface area contributed by atoms with Gasteiger partial charge in [-0.25, -0.2) is 0 Å². The number of para-hydroxylation sites is 2. The Morgan fingerprint density at radius 1 is 1.19 bits per heavy atom. The van der Waals surface area contributed by atoms with Crippen molar-refractivity contribution in [1.82, 2.24) is 4.68 Å². The predicted molar refractivity (Wildman–Crippen MR) is 129 cm³/mol. The summed E-state index contributed by atoms with van der Waals surface area (Å²) in [6.07, 6.45) is 3.50. The summed E-state index contributed by atoms with van der Waals surface area (Å²) in [6, 6.07) is 18.3. The van der Waals surface area contributed by atoms with Gasteiger partial charge in [-0.05, 0) is 48.4 Å². The van der Waals surface area contributed by atoms with Gasteiger partial charge in [0.2, 0.25) is 0 Å². The largest absolute Gasteiger partial charge is 0.493 e. The molecule has 32 heavy (non-hydrogen) atoms. The van der Waals surface area contributed by atoms with E-state index in [0.29, 0.717) is 24.2 Å². The number of hydrogen-bond acceptors (Lipinski definition) is 5. The van der Waals surface area contributed by atoms with Crippen LogP contribution in [-0.4, -0.2) is 39.2 Å². The first-order valence-corrected chi connectivity index (χ1v) is 12.1. The number of ether oxygens (including phenoxy) is 1. The number of carbonyl (C=O) groups is 1. The number of aromatic nitrogens is 1. The molecule has 7 heteroatoms. The Labute approximate surface area is 191 Å². The van der Waals surface area contributed by atoms with Crippen molar-refractivity contribution in [3.8, 4) is 5.75 Å². The summed E-state index contributed by atoms with van der Waals surface area (Å²) in [4.78, 5) is 15.7. The van der Waals surface area contributed by atoms with Crippen LogP contribution in [0.15, 0.2) is 59.6 Å². The molecule has 3 unspecified atom stereocenters. The number of nitrogen functional groups attached to an aromatic ring is 1. The van der Waals surface area contributed by atoms with Gasteiger partial charge in [-0.1, -0.05) is 42.8 Å². The fraction of sp³-hybridized carbons (Fsp3) is 0.360. The van der Waals surface area contributed by atoms with Gasteiger partial charge in [-0.15, -0.1) is 11.8 Å². The Balaban J connectivity index is 1.43. The topological polar surface area (TPSA) is 89.8 Å². The molecule has 2 heterocycles. The Morgan fingerprint density at radius 3 is 2.84 bits per heavy atom. The summed E-state index contributed by atoms with van der Waals surface area (Å²) >= 11 is 1.59. The number of carboxylic acid groups (broad SMARTS) is 1. The summed E-state index contributed by atoms with van der Waals surface area (Å²) in [5.74, 6) is 8.23. The minimum absolute atomic E-state index is 0.0533. The third-order valence-electron chi connectivity index (χ3n) is 6.50. The standard InChI is InChI=1S/C25H27N3O3S/c26-28-22(25-27-18(15-32-25)13-23(29)30)12-16-6-4-11-21(24(16)28)20-10-5-7-17(20)14-31-19-8-2-1-3-9-19/h1-4,6,8-9,11-12,17-18,20H,5,7,10,13-15,26H2,(H,29,30). The number of rotatable bonds is 7. The van der Waals surface area contributed by atoms with Crippen molar-refractivity contribution in [2.75, 3.05) is 18.2 Å². The highest BCUT2D eigenvalue weighted by atomic mass is 32.2. The van der Waals surface area contributed by atoms with Crippen LogP contribution in [0, 0.1) is 5.92 Å². The fourth-order valence-corrected chi connectivity index (χ4v) is 6.07. The first kappa shape index (κ1) is 20.9. The van der Waals surface area contributed by atoms with Gasteiger partial charge >= 0.3 is 5.97 Å². The Bertz CT molecular complexity index is 1160. The van der Waals surface area contributed by atoms with Gasteiger partial charge in [0, 0.05) is 11.1 Å². The van der Waals surface area contributed by atoms with E-state index >= 15 is 0 Å². The van der Waals surface area contributed by atoms with Crippen molar-refractivity contribution in [3.63, 3.8) is 0 Å². The highest BCUT2D eigenvalue weighted by molar-refractivity contribution is 8.14. The first-order chi connectivity index (χ1) is 15.6. The Morgan fingerprint density at radius 2 is 2.03 bits per heavy atom. The summed E-state index contributed by atoms with van der Waals surface area (Å²) in [5, 5.41) is 11.0. The van der Waals surface area contributed by atoms with Gasteiger partial charge in [-0.3, -0.25) is 14.5 Å². The average molecular weight is 450 g/mol. The van der Waals surface area contributed by atoms with Crippen LogP contribution in [-0.2, 0) is 4.79 Å². The molecule has 6 nitrogen and oxygen atoms in total. The lowest BCUT2D eigenvalue weighted by Gasteiger charge is -2.22. The zero-order valence-electron chi connectivity index (χ0n) is 17.8. The van der Waals surface area contributed by atoms with E-state index in [9.17, 15) is 4.79 Å². The van der Waals surface area contributed by atoms with Crippen LogP contribution < -0.4 is 10.6 Å². The second-order valence-electron chi connectivity index (χ2n) is 8.60. The molecule has 0 radical (unpaired) electrons. The lowest BCUT2D eigenvalue weighted by atomic mass is 9.88. The monoisotopic (exact) mass is 449 g/mol. The van der Waals surface area contributed by atoms with Crippen molar-refractivity contribution < 1.29 is 14.6 Å². The molecule has 0 spiro atoms. The minimum Gasteiger partial charge on any atom is -0.493 e. The Hall–Kier alpha value is -2.93. The molecular formula is C25H27N3O3S. The third-order valence-corrected chi connectivity index (χ3v) is 7.64. The number of hydrogen-bond donors (Lipinski definition) is 2. The van der Waals surface area contributed by atoms with Gasteiger partial charge in [0.05, 0.1) is 30.3 Å². The van der Waals surface area contributed by atoms with Crippen LogP contribution in [0.3, 0.4) is 0 Å². The lowest BCUT2D eigenvalue weighted by Crippen LogP contribution is -2.19. The van der Waals surface area contributed by atoms with Crippen LogP contribution in [0.2, 0.25) is 0 Å². The van der Waals surface area contributed by atoms with Crippen LogP contribution in [0.25, 0.3) is 10.9 Å². The maximum absolute atomic E-state index is 11.1. The normalized spacial score (nSPS) is 22.9. The molecule has 0 saturated heterocycles. The van der Waals surface area contributed by atoms with Gasteiger partial charge in [0.15, 0.2) is 0 Å². The number of aliphatic imine (C=N–C) groups is 1. The van der Waals surface area contributed by atoms with Gasteiger partial charge in [-0.2, -0.15) is 0 Å². The summed E-state index contributed by atoms with van der Waals surface area (Å²) < 4.78 is 7.86. The van der Waals surface area contributed by atoms with Gasteiger partial charge in [0.25, 0.3) is 0 Å². The van der Waals surface area contributed by atoms with E-state index < -0.39 is 5.97 Å². The minimum atomic E-state index is -0.818. The number of carboxylic acids is 1. The molecule has 2 aliphatic rings. The molecule has 1 fully saturated rings. The second-order valence-corrected chi connectivity index (χ2v) is 9.61. The van der Waals surface area contributed by atoms with Crippen LogP contribution in [0.5, 0.6) is 5.75 Å². The average Bonchev–Trinajstić information content (AvgIpc) is 3.52. The Kier molecular flexibility index (Phi) is 5.83. The van der Waals surface area contributed by atoms with E-state index in [2.05, 4.69) is 29.3 Å². The maximum Gasteiger partial charge on any atom is 0.305 e. The zero-order chi connectivity index (χ0) is 22.1. The third kappa shape index (κ3) is 4.09. The van der Waals surface area contributed by atoms with Crippen molar-refractivity contribution in [2.24, 2.45) is 10.9 Å². The molecule has 3 aromatic rings. The summed E-state index contributed by atoms with van der Waals surface area (Å²) in [6.45, 7) is 0.697. The van der Waals surface area contributed by atoms with Crippen LogP contribution >= 0.6 is 11.8 Å². The van der Waals surface area contributed by atoms with Crippen LogP contribution in [0.1, 0.15) is 42.9 Å². The predicted octanol–water partition coefficient (Wildman–Crippen LogP) is 4.65. The first-order valence-electron chi connectivity index (χ1n) is 11.1. The van der Waals surface area contributed by atoms with Crippen LogP contribution in [0.4, 0.5) is 0 Å². The van der Waals surface area contributed by atoms with Crippen molar-refractivity contribution in [1.29, 1.82) is 0 Å². The number of benzene rings is 2. The number of nitrogens with zero attached hydrogens (tertiary/aromatic N) is 2. The molecular weight excluding hydrogens is 422 g/mol. The SMILES string of the molecule is Nn1c(C2=NC(CC(=O)O)CS2)cc2cccc(C3CCCC3COc3ccccc3)c21. The second kappa shape index (κ2) is 8.90. The molecule has 166 valence electrons. The summed E-state index contributed by atoms with van der Waals surface area (Å²) in [5.41, 5.74) is 3.17. The number of aliphatic carboxylic acids is 1. The van der Waals surface area contributed by atoms with E-state index in [4.69, 9.17) is 15.7 Å². The summed E-state index contributed by atoms with van der Waals surface area (Å²) in [7, 11) is 0. The number of fused-ring (bicyclic) bond motifs is 1. The maximum atomic E-state index is 11.1. The highest BCUT2D eigenvalue weighted by Gasteiger charge is 2.32. The molecule has 0 amide bonds. The lowest BCUT2D eigenvalue weighted by molar-refractivity contribution is -0.137. The molecule has 1 saturated carbocycles. The van der Waals surface area contributed by atoms with E-state index in [1.165, 1.54) is 12.0 Å². The number of nitrogens with two attached hydrogens (primary N) is 1. The van der Waals surface area contributed by atoms with Crippen molar-refractivity contribution >= 4 is 33.7 Å². The molecule has 0 bridgehead atoms. The van der Waals surface area contributed by atoms with Crippen molar-refractivity contribution in [2.45, 2.75) is 37.6 Å². The molecule has 3 atom stereocenters. The molecule has 1 aromatic heterocycles. The van der Waals surface area contributed by atoms with Gasteiger partial charge in [0.1, 0.15) is 10.8 Å². The van der Waals surface area contributed by atoms with Crippen molar-refractivity contribution in [3.05, 3.63) is 65.9 Å². The van der Waals surface area contributed by atoms with E-state index in [0.717, 1.165) is 40.2 Å². The number of thioether (sulfide) groups is 1. The highest BCUT2D eigenvalue weighted by Crippen LogP contribution is 2.43. The smallest absolute Gasteiger partial charge is 0.305 e. The molecule has 1 aliphatic carbocycles.